The summed E-state index contributed by atoms with van der Waals surface area (Å²) in [6, 6.07) is 25.0. The number of rotatable bonds is 8. The van der Waals surface area contributed by atoms with Gasteiger partial charge in [0, 0.05) is 31.8 Å². The van der Waals surface area contributed by atoms with Crippen LogP contribution in [-0.2, 0) is 6.61 Å². The summed E-state index contributed by atoms with van der Waals surface area (Å²) in [6.45, 7) is 0.258. The average Bonchev–Trinajstić information content (AvgIpc) is 2.90. The van der Waals surface area contributed by atoms with Gasteiger partial charge >= 0.3 is 5.97 Å². The molecule has 9 heteroatoms. The second kappa shape index (κ2) is 12.4. The van der Waals surface area contributed by atoms with Gasteiger partial charge in [0.25, 0.3) is 5.91 Å². The van der Waals surface area contributed by atoms with Gasteiger partial charge in [-0.15, -0.1) is 0 Å². The molecule has 6 nitrogen and oxygen atoms in total. The molecule has 0 fully saturated rings. The second-order valence-corrected chi connectivity index (χ2v) is 8.96. The Bertz CT molecular complexity index is 1440. The van der Waals surface area contributed by atoms with E-state index in [2.05, 4.69) is 10.5 Å². The summed E-state index contributed by atoms with van der Waals surface area (Å²) in [5.41, 5.74) is 4.50. The highest BCUT2D eigenvalue weighted by atomic mass is 35.5. The highest BCUT2D eigenvalue weighted by molar-refractivity contribution is 6.35. The molecule has 186 valence electrons. The largest absolute Gasteiger partial charge is 0.489 e. The number of ether oxygens (including phenoxy) is 2. The molecular formula is C28H19Cl3N2O4. The van der Waals surface area contributed by atoms with E-state index in [9.17, 15) is 9.59 Å². The minimum atomic E-state index is -0.540. The molecule has 0 aliphatic heterocycles. The molecule has 4 aromatic rings. The lowest BCUT2D eigenvalue weighted by Gasteiger charge is -2.09. The molecule has 0 radical (unpaired) electrons. The number of carbonyl (C=O) groups is 2. The number of nitrogens with zero attached hydrogens (tertiary/aromatic N) is 1. The van der Waals surface area contributed by atoms with Crippen molar-refractivity contribution in [3.05, 3.63) is 128 Å². The Hall–Kier alpha value is -3.84. The molecular weight excluding hydrogens is 535 g/mol. The zero-order chi connectivity index (χ0) is 26.2. The monoisotopic (exact) mass is 552 g/mol. The first-order valence-corrected chi connectivity index (χ1v) is 12.1. The van der Waals surface area contributed by atoms with Gasteiger partial charge in [0.1, 0.15) is 18.1 Å². The number of halogens is 3. The van der Waals surface area contributed by atoms with E-state index in [4.69, 9.17) is 44.3 Å². The SMILES string of the molecule is O=C(N/N=C\c1ccccc1OC(=O)c1ccc(Cl)cc1)c1ccc(OCc2ccc(Cl)cc2Cl)cc1. The van der Waals surface area contributed by atoms with Gasteiger partial charge in [-0.1, -0.05) is 53.0 Å². The molecule has 1 N–H and O–H groups in total. The molecule has 0 aromatic heterocycles. The fourth-order valence-corrected chi connectivity index (χ4v) is 3.74. The number of carbonyl (C=O) groups excluding carboxylic acids is 2. The van der Waals surface area contributed by atoms with Crippen molar-refractivity contribution in [1.82, 2.24) is 5.43 Å². The van der Waals surface area contributed by atoms with Crippen LogP contribution in [0.1, 0.15) is 31.8 Å². The van der Waals surface area contributed by atoms with Crippen molar-refractivity contribution in [2.75, 3.05) is 0 Å². The van der Waals surface area contributed by atoms with Gasteiger partial charge in [0.05, 0.1) is 11.8 Å². The van der Waals surface area contributed by atoms with Crippen LogP contribution < -0.4 is 14.9 Å². The first kappa shape index (κ1) is 26.2. The lowest BCUT2D eigenvalue weighted by Crippen LogP contribution is -2.17. The quantitative estimate of drug-likeness (QED) is 0.108. The van der Waals surface area contributed by atoms with Crippen molar-refractivity contribution >= 4 is 52.9 Å². The number of para-hydroxylation sites is 1. The highest BCUT2D eigenvalue weighted by Gasteiger charge is 2.11. The van der Waals surface area contributed by atoms with E-state index in [0.717, 1.165) is 5.56 Å². The Balaban J connectivity index is 1.33. The molecule has 0 saturated heterocycles. The van der Waals surface area contributed by atoms with Crippen LogP contribution in [0.5, 0.6) is 11.5 Å². The minimum absolute atomic E-state index is 0.258. The lowest BCUT2D eigenvalue weighted by molar-refractivity contribution is 0.0734. The van der Waals surface area contributed by atoms with Crippen LogP contribution in [0.4, 0.5) is 0 Å². The smallest absolute Gasteiger partial charge is 0.343 e. The molecule has 0 saturated carbocycles. The standard InChI is InChI=1S/C28H19Cl3N2O4/c29-22-10-5-19(6-11-22)28(35)37-26-4-2-1-3-20(26)16-32-33-27(34)18-8-13-24(14-9-18)36-17-21-7-12-23(30)15-25(21)31/h1-16H,17H2,(H,33,34)/b32-16-. The molecule has 0 heterocycles. The summed E-state index contributed by atoms with van der Waals surface area (Å²) in [5.74, 6) is -0.0911. The summed E-state index contributed by atoms with van der Waals surface area (Å²) in [7, 11) is 0. The summed E-state index contributed by atoms with van der Waals surface area (Å²) in [4.78, 5) is 24.9. The number of nitrogens with one attached hydrogen (secondary N) is 1. The topological polar surface area (TPSA) is 77.0 Å². The molecule has 0 aliphatic rings. The maximum absolute atomic E-state index is 12.5. The molecule has 4 aromatic carbocycles. The normalized spacial score (nSPS) is 10.8. The van der Waals surface area contributed by atoms with Gasteiger partial charge in [-0.25, -0.2) is 10.2 Å². The van der Waals surface area contributed by atoms with Gasteiger partial charge in [-0.2, -0.15) is 5.10 Å². The predicted octanol–water partition coefficient (Wildman–Crippen LogP) is 7.21. The fraction of sp³-hybridized carbons (Fsp3) is 0.0357. The molecule has 1 amide bonds. The third kappa shape index (κ3) is 7.33. The van der Waals surface area contributed by atoms with Crippen LogP contribution >= 0.6 is 34.8 Å². The van der Waals surface area contributed by atoms with Crippen molar-refractivity contribution in [3.63, 3.8) is 0 Å². The Morgan fingerprint density at radius 3 is 2.22 bits per heavy atom. The summed E-state index contributed by atoms with van der Waals surface area (Å²) < 4.78 is 11.2. The first-order chi connectivity index (χ1) is 17.9. The van der Waals surface area contributed by atoms with E-state index in [-0.39, 0.29) is 6.61 Å². The van der Waals surface area contributed by atoms with Crippen LogP contribution in [0.15, 0.2) is 96.1 Å². The Labute approximate surface area is 228 Å². The molecule has 0 aliphatic carbocycles. The Morgan fingerprint density at radius 2 is 1.49 bits per heavy atom. The molecule has 0 spiro atoms. The van der Waals surface area contributed by atoms with E-state index in [1.807, 2.05) is 0 Å². The number of amides is 1. The maximum Gasteiger partial charge on any atom is 0.343 e. The highest BCUT2D eigenvalue weighted by Crippen LogP contribution is 2.23. The first-order valence-electron chi connectivity index (χ1n) is 11.0. The molecule has 4 rings (SSSR count). The van der Waals surface area contributed by atoms with Gasteiger partial charge in [0.2, 0.25) is 0 Å². The van der Waals surface area contributed by atoms with E-state index < -0.39 is 11.9 Å². The van der Waals surface area contributed by atoms with Gasteiger partial charge in [0.15, 0.2) is 0 Å². The third-order valence-corrected chi connectivity index (χ3v) is 5.94. The van der Waals surface area contributed by atoms with Crippen molar-refractivity contribution in [2.24, 2.45) is 5.10 Å². The predicted molar refractivity (Wildman–Crippen MR) is 145 cm³/mol. The van der Waals surface area contributed by atoms with Gasteiger partial charge in [-0.3, -0.25) is 4.79 Å². The summed E-state index contributed by atoms with van der Waals surface area (Å²) >= 11 is 17.9. The van der Waals surface area contributed by atoms with Gasteiger partial charge < -0.3 is 9.47 Å². The minimum Gasteiger partial charge on any atom is -0.489 e. The second-order valence-electron chi connectivity index (χ2n) is 7.68. The van der Waals surface area contributed by atoms with E-state index in [0.29, 0.717) is 43.3 Å². The van der Waals surface area contributed by atoms with Crippen molar-refractivity contribution in [3.8, 4) is 11.5 Å². The van der Waals surface area contributed by atoms with Crippen molar-refractivity contribution in [2.45, 2.75) is 6.61 Å². The maximum atomic E-state index is 12.5. The molecule has 0 unspecified atom stereocenters. The van der Waals surface area contributed by atoms with Crippen LogP contribution in [0.2, 0.25) is 15.1 Å². The van der Waals surface area contributed by atoms with Crippen LogP contribution in [0, 0.1) is 0 Å². The zero-order valence-corrected chi connectivity index (χ0v) is 21.4. The Morgan fingerprint density at radius 1 is 0.811 bits per heavy atom. The van der Waals surface area contributed by atoms with Crippen LogP contribution in [0.3, 0.4) is 0 Å². The van der Waals surface area contributed by atoms with Crippen LogP contribution in [-0.4, -0.2) is 18.1 Å². The van der Waals surface area contributed by atoms with E-state index >= 15 is 0 Å². The number of hydrogen-bond donors (Lipinski definition) is 1. The number of hydrogen-bond acceptors (Lipinski definition) is 5. The van der Waals surface area contributed by atoms with Crippen molar-refractivity contribution in [1.29, 1.82) is 0 Å². The molecule has 0 bridgehead atoms. The lowest BCUT2D eigenvalue weighted by atomic mass is 10.2. The zero-order valence-electron chi connectivity index (χ0n) is 19.2. The van der Waals surface area contributed by atoms with E-state index in [1.54, 1.807) is 91.0 Å². The van der Waals surface area contributed by atoms with Crippen LogP contribution in [0.25, 0.3) is 0 Å². The van der Waals surface area contributed by atoms with Gasteiger partial charge in [-0.05, 0) is 72.8 Å². The summed E-state index contributed by atoms with van der Waals surface area (Å²) in [5, 5.41) is 5.58. The molecule has 37 heavy (non-hydrogen) atoms. The Kier molecular flexibility index (Phi) is 8.80. The van der Waals surface area contributed by atoms with E-state index in [1.165, 1.54) is 6.21 Å². The number of esters is 1. The average molecular weight is 554 g/mol. The fourth-order valence-electron chi connectivity index (χ4n) is 3.15. The number of hydrazone groups is 1. The molecule has 0 atom stereocenters. The third-order valence-electron chi connectivity index (χ3n) is 5.10. The number of benzene rings is 4. The van der Waals surface area contributed by atoms with Crippen molar-refractivity contribution < 1.29 is 19.1 Å². The summed E-state index contributed by atoms with van der Waals surface area (Å²) in [6.07, 6.45) is 1.40.